The van der Waals surface area contributed by atoms with E-state index in [0.717, 1.165) is 25.7 Å². The Kier molecular flexibility index (Phi) is 35.1. The van der Waals surface area contributed by atoms with Crippen molar-refractivity contribution in [3.63, 3.8) is 0 Å². The van der Waals surface area contributed by atoms with Crippen molar-refractivity contribution in [2.45, 2.75) is 298 Å². The summed E-state index contributed by atoms with van der Waals surface area (Å²) in [7, 11) is 0. The lowest BCUT2D eigenvalue weighted by Gasteiger charge is -2.48. The normalized spacial score (nSPS) is 31.8. The van der Waals surface area contributed by atoms with Crippen LogP contribution in [0.1, 0.15) is 194 Å². The van der Waals surface area contributed by atoms with E-state index in [9.17, 15) is 61.0 Å². The number of amides is 1. The van der Waals surface area contributed by atoms with Gasteiger partial charge in [0.1, 0.15) is 73.2 Å². The Hall–Kier alpha value is -1.47. The molecule has 73 heavy (non-hydrogen) atoms. The predicted octanol–water partition coefficient (Wildman–Crippen LogP) is 3.82. The average molecular weight is 1050 g/mol. The summed E-state index contributed by atoms with van der Waals surface area (Å²) < 4.78 is 33.9. The van der Waals surface area contributed by atoms with Gasteiger partial charge in [-0.2, -0.15) is 0 Å². The van der Waals surface area contributed by atoms with Gasteiger partial charge >= 0.3 is 0 Å². The number of allylic oxidation sites excluding steroid dienone is 1. The van der Waals surface area contributed by atoms with Crippen molar-refractivity contribution in [1.82, 2.24) is 5.32 Å². The van der Waals surface area contributed by atoms with Crippen molar-refractivity contribution in [2.24, 2.45) is 0 Å². The number of carbonyl (C=O) groups is 1. The van der Waals surface area contributed by atoms with Gasteiger partial charge in [-0.25, -0.2) is 0 Å². The molecule has 17 unspecified atom stereocenters. The molecule has 0 radical (unpaired) electrons. The van der Waals surface area contributed by atoms with E-state index >= 15 is 0 Å². The molecule has 0 aliphatic carbocycles. The summed E-state index contributed by atoms with van der Waals surface area (Å²) >= 11 is 0. The molecule has 17 atom stereocenters. The summed E-state index contributed by atoms with van der Waals surface area (Å²) in [6.07, 6.45) is 11.5. The van der Waals surface area contributed by atoms with Gasteiger partial charge < -0.3 is 89.9 Å². The van der Waals surface area contributed by atoms with Crippen LogP contribution in [0.3, 0.4) is 0 Å². The van der Waals surface area contributed by atoms with E-state index in [2.05, 4.69) is 12.2 Å². The molecule has 3 aliphatic heterocycles. The number of unbranched alkanes of at least 4 members (excludes halogenated alkanes) is 25. The van der Waals surface area contributed by atoms with Gasteiger partial charge in [-0.1, -0.05) is 180 Å². The van der Waals surface area contributed by atoms with E-state index in [4.69, 9.17) is 28.4 Å². The highest BCUT2D eigenvalue weighted by atomic mass is 16.8. The summed E-state index contributed by atoms with van der Waals surface area (Å²) in [6.45, 7) is 1.34. The van der Waals surface area contributed by atoms with Gasteiger partial charge in [-0.15, -0.1) is 0 Å². The number of hydrogen-bond acceptors (Lipinski definition) is 18. The summed E-state index contributed by atoms with van der Waals surface area (Å²) in [5, 5.41) is 119. The maximum absolute atomic E-state index is 12.6. The molecule has 0 aromatic carbocycles. The molecule has 1 amide bonds. The number of rotatable bonds is 41. The molecule has 0 bridgehead atoms. The largest absolute Gasteiger partial charge is 0.394 e. The molecule has 19 nitrogen and oxygen atoms in total. The van der Waals surface area contributed by atoms with Crippen LogP contribution in [0.2, 0.25) is 0 Å². The van der Waals surface area contributed by atoms with E-state index in [0.29, 0.717) is 6.42 Å². The Bertz CT molecular complexity index is 1400. The lowest BCUT2D eigenvalue weighted by Crippen LogP contribution is -2.66. The minimum absolute atomic E-state index is 0.195. The second-order valence-corrected chi connectivity index (χ2v) is 20.8. The van der Waals surface area contributed by atoms with Gasteiger partial charge in [0.2, 0.25) is 5.91 Å². The van der Waals surface area contributed by atoms with Crippen molar-refractivity contribution in [3.05, 3.63) is 12.2 Å². The highest BCUT2D eigenvalue weighted by molar-refractivity contribution is 5.76. The van der Waals surface area contributed by atoms with Crippen LogP contribution in [-0.2, 0) is 33.2 Å². The number of carbonyl (C=O) groups excluding carboxylic acids is 1. The van der Waals surface area contributed by atoms with Crippen LogP contribution < -0.4 is 5.32 Å². The van der Waals surface area contributed by atoms with Crippen molar-refractivity contribution in [2.75, 3.05) is 26.4 Å². The Morgan fingerprint density at radius 3 is 1.26 bits per heavy atom. The lowest BCUT2D eigenvalue weighted by molar-refractivity contribution is -0.379. The molecule has 12 N–H and O–H groups in total. The SMILES string of the molecule is CCCCCCCCCCCCCCCCCCCCCCCCCCC/C=C/C(O)C(COC1OC(CO)C(OC2OC(CO)C(OC3OC(CO)C(O)C(O)C3O)C(O)C2O)C(O)C1O)NC(=O)CCC. The Balaban J connectivity index is 1.32. The summed E-state index contributed by atoms with van der Waals surface area (Å²) in [5.74, 6) is -0.328. The zero-order chi connectivity index (χ0) is 53.4. The smallest absolute Gasteiger partial charge is 0.220 e. The van der Waals surface area contributed by atoms with E-state index in [1.165, 1.54) is 141 Å². The highest BCUT2D eigenvalue weighted by Crippen LogP contribution is 2.33. The summed E-state index contributed by atoms with van der Waals surface area (Å²) in [6, 6.07) is -0.963. The number of ether oxygens (including phenoxy) is 6. The predicted molar refractivity (Wildman–Crippen MR) is 273 cm³/mol. The Morgan fingerprint density at radius 2 is 0.849 bits per heavy atom. The molecule has 19 heteroatoms. The van der Waals surface area contributed by atoms with Gasteiger partial charge in [0.05, 0.1) is 38.6 Å². The number of nitrogens with one attached hydrogen (secondary N) is 1. The third-order valence-corrected chi connectivity index (χ3v) is 14.6. The molecular weight excluding hydrogens is 951 g/mol. The first-order valence-electron chi connectivity index (χ1n) is 28.4. The third kappa shape index (κ3) is 24.0. The second kappa shape index (κ2) is 39.0. The first-order chi connectivity index (χ1) is 35.3. The molecule has 3 rings (SSSR count). The van der Waals surface area contributed by atoms with Crippen LogP contribution in [0.25, 0.3) is 0 Å². The molecule has 0 aromatic heterocycles. The maximum Gasteiger partial charge on any atom is 0.220 e. The first kappa shape index (κ1) is 65.8. The van der Waals surface area contributed by atoms with Gasteiger partial charge in [0, 0.05) is 6.42 Å². The first-order valence-corrected chi connectivity index (χ1v) is 28.4. The van der Waals surface area contributed by atoms with E-state index < -0.39 is 124 Å². The van der Waals surface area contributed by atoms with Crippen LogP contribution in [0.5, 0.6) is 0 Å². The monoisotopic (exact) mass is 1050 g/mol. The fourth-order valence-corrected chi connectivity index (χ4v) is 9.88. The highest BCUT2D eigenvalue weighted by Gasteiger charge is 2.53. The van der Waals surface area contributed by atoms with Gasteiger partial charge in [0.25, 0.3) is 0 Å². The molecule has 430 valence electrons. The van der Waals surface area contributed by atoms with E-state index in [-0.39, 0.29) is 18.9 Å². The fourth-order valence-electron chi connectivity index (χ4n) is 9.88. The summed E-state index contributed by atoms with van der Waals surface area (Å²) in [4.78, 5) is 12.6. The van der Waals surface area contributed by atoms with Crippen molar-refractivity contribution < 1.29 is 89.4 Å². The number of aliphatic hydroxyl groups is 11. The Morgan fingerprint density at radius 1 is 0.479 bits per heavy atom. The molecule has 3 saturated heterocycles. The van der Waals surface area contributed by atoms with Crippen LogP contribution >= 0.6 is 0 Å². The molecule has 3 heterocycles. The molecule has 0 spiro atoms. The van der Waals surface area contributed by atoms with Crippen LogP contribution in [-0.4, -0.2) is 193 Å². The molecule has 3 aliphatic rings. The minimum atomic E-state index is -1.97. The standard InChI is InChI=1S/C54H101NO18/c1-3-5-6-7-8-9-10-11-12-13-14-15-16-17-18-19-20-21-22-23-24-25-26-27-28-29-30-32-38(59)37(55-42(60)31-4-2)36-68-52-48(66)45(63)50(40(34-57)70-52)73-54-49(67)46(64)51(41(35-58)71-54)72-53-47(65)44(62)43(61)39(33-56)69-53/h30,32,37-41,43-54,56-59,61-67H,3-29,31,33-36H2,1-2H3,(H,55,60)/b32-30+. The number of aliphatic hydroxyl groups excluding tert-OH is 11. The third-order valence-electron chi connectivity index (χ3n) is 14.6. The molecular formula is C54H101NO18. The number of hydrogen-bond donors (Lipinski definition) is 12. The van der Waals surface area contributed by atoms with E-state index in [1.54, 1.807) is 6.08 Å². The van der Waals surface area contributed by atoms with Gasteiger partial charge in [-0.3, -0.25) is 4.79 Å². The molecule has 3 fully saturated rings. The maximum atomic E-state index is 12.6. The van der Waals surface area contributed by atoms with Gasteiger partial charge in [0.15, 0.2) is 18.9 Å². The van der Waals surface area contributed by atoms with Crippen LogP contribution in [0, 0.1) is 0 Å². The zero-order valence-electron chi connectivity index (χ0n) is 44.4. The van der Waals surface area contributed by atoms with Crippen molar-refractivity contribution in [3.8, 4) is 0 Å². The lowest BCUT2D eigenvalue weighted by atomic mass is 9.96. The average Bonchev–Trinajstić information content (AvgIpc) is 3.38. The minimum Gasteiger partial charge on any atom is -0.394 e. The Labute approximate surface area is 436 Å². The fraction of sp³-hybridized carbons (Fsp3) is 0.944. The summed E-state index contributed by atoms with van der Waals surface area (Å²) in [5.41, 5.74) is 0. The zero-order valence-corrected chi connectivity index (χ0v) is 44.4. The van der Waals surface area contributed by atoms with Crippen molar-refractivity contribution in [1.29, 1.82) is 0 Å². The van der Waals surface area contributed by atoms with Crippen molar-refractivity contribution >= 4 is 5.91 Å². The van der Waals surface area contributed by atoms with E-state index in [1.807, 2.05) is 13.0 Å². The topological polar surface area (TPSA) is 307 Å². The molecule has 0 saturated carbocycles. The quantitative estimate of drug-likeness (QED) is 0.0306. The molecule has 0 aromatic rings. The second-order valence-electron chi connectivity index (χ2n) is 20.8. The van der Waals surface area contributed by atoms with Gasteiger partial charge in [-0.05, 0) is 19.3 Å². The van der Waals surface area contributed by atoms with Crippen LogP contribution in [0.4, 0.5) is 0 Å². The van der Waals surface area contributed by atoms with Crippen LogP contribution in [0.15, 0.2) is 12.2 Å².